The average Bonchev–Trinajstić information content (AvgIpc) is 2.18. The van der Waals surface area contributed by atoms with Crippen LogP contribution in [-0.4, -0.2) is 37.3 Å². The van der Waals surface area contributed by atoms with E-state index >= 15 is 0 Å². The van der Waals surface area contributed by atoms with Crippen molar-refractivity contribution in [2.24, 2.45) is 0 Å². The summed E-state index contributed by atoms with van der Waals surface area (Å²) in [5, 5.41) is 0.324. The van der Waals surface area contributed by atoms with Gasteiger partial charge in [0.25, 0.3) is 0 Å². The van der Waals surface area contributed by atoms with Gasteiger partial charge in [0.2, 0.25) is 0 Å². The second kappa shape index (κ2) is 5.25. The Bertz CT molecular complexity index is 354. The van der Waals surface area contributed by atoms with Gasteiger partial charge in [0.05, 0.1) is 21.1 Å². The molecule has 0 aliphatic heterocycles. The number of thioether (sulfide) groups is 1. The molecule has 0 heterocycles. The summed E-state index contributed by atoms with van der Waals surface area (Å²) < 4.78 is 0.862. The van der Waals surface area contributed by atoms with Crippen molar-refractivity contribution in [2.45, 2.75) is 5.37 Å². The molecule has 0 fully saturated rings. The fourth-order valence-corrected chi connectivity index (χ4v) is 2.04. The fraction of sp³-hybridized carbons (Fsp3) is 0.385. The lowest BCUT2D eigenvalue weighted by Crippen LogP contribution is -2.42. The maximum absolute atomic E-state index is 3.31. The van der Waals surface area contributed by atoms with E-state index in [-0.39, 0.29) is 0 Å². The second-order valence-corrected chi connectivity index (χ2v) is 5.26. The Morgan fingerprint density at radius 3 is 2.20 bits per heavy atom. The summed E-state index contributed by atoms with van der Waals surface area (Å²) in [4.78, 5) is 0. The van der Waals surface area contributed by atoms with Gasteiger partial charge in [0, 0.05) is 5.56 Å². The fourth-order valence-electron chi connectivity index (χ4n) is 1.24. The summed E-state index contributed by atoms with van der Waals surface area (Å²) in [5.74, 6) is 6.53. The quantitative estimate of drug-likeness (QED) is 0.419. The van der Waals surface area contributed by atoms with Crippen molar-refractivity contribution in [3.05, 3.63) is 35.9 Å². The molecule has 80 valence electrons. The lowest BCUT2D eigenvalue weighted by molar-refractivity contribution is -0.872. The molecule has 0 bridgehead atoms. The Morgan fingerprint density at radius 2 is 1.73 bits per heavy atom. The summed E-state index contributed by atoms with van der Waals surface area (Å²) in [6.45, 7) is 0. The highest BCUT2D eigenvalue weighted by Gasteiger charge is 2.19. The van der Waals surface area contributed by atoms with Crippen molar-refractivity contribution in [3.8, 4) is 11.8 Å². The van der Waals surface area contributed by atoms with E-state index < -0.39 is 0 Å². The highest BCUT2D eigenvalue weighted by molar-refractivity contribution is 7.99. The minimum Gasteiger partial charge on any atom is -0.310 e. The molecule has 1 atom stereocenters. The predicted octanol–water partition coefficient (Wildman–Crippen LogP) is 2.43. The van der Waals surface area contributed by atoms with Crippen molar-refractivity contribution in [2.75, 3.05) is 27.4 Å². The third-order valence-corrected chi connectivity index (χ3v) is 3.24. The number of hydrogen-bond acceptors (Lipinski definition) is 1. The first-order valence-electron chi connectivity index (χ1n) is 4.94. The summed E-state index contributed by atoms with van der Waals surface area (Å²) in [5.41, 5.74) is 1.09. The molecule has 0 aromatic heterocycles. The molecule has 1 nitrogen and oxygen atoms in total. The van der Waals surface area contributed by atoms with Crippen LogP contribution in [0.3, 0.4) is 0 Å². The van der Waals surface area contributed by atoms with Crippen molar-refractivity contribution in [3.63, 3.8) is 0 Å². The van der Waals surface area contributed by atoms with Gasteiger partial charge in [-0.05, 0) is 24.3 Å². The molecule has 0 aliphatic rings. The Labute approximate surface area is 97.1 Å². The molecule has 0 amide bonds. The molecule has 1 aromatic rings. The molecular weight excluding hydrogens is 202 g/mol. The van der Waals surface area contributed by atoms with Gasteiger partial charge in [-0.25, -0.2) is 0 Å². The minimum atomic E-state index is 0.324. The van der Waals surface area contributed by atoms with Crippen LogP contribution in [0, 0.1) is 11.8 Å². The van der Waals surface area contributed by atoms with E-state index in [1.165, 1.54) is 0 Å². The third-order valence-electron chi connectivity index (χ3n) is 2.04. The van der Waals surface area contributed by atoms with Crippen LogP contribution in [-0.2, 0) is 0 Å². The first kappa shape index (κ1) is 12.2. The van der Waals surface area contributed by atoms with Gasteiger partial charge in [-0.3, -0.25) is 0 Å². The number of nitrogens with zero attached hydrogens (tertiary/aromatic N) is 1. The minimum absolute atomic E-state index is 0.324. The third kappa shape index (κ3) is 3.99. The Balaban J connectivity index is 2.80. The first-order valence-corrected chi connectivity index (χ1v) is 6.23. The van der Waals surface area contributed by atoms with E-state index in [1.807, 2.05) is 30.3 Å². The zero-order valence-electron chi connectivity index (χ0n) is 9.82. The molecule has 1 aromatic carbocycles. The summed E-state index contributed by atoms with van der Waals surface area (Å²) in [7, 11) is 6.50. The molecule has 1 rings (SSSR count). The molecule has 0 saturated carbocycles. The highest BCUT2D eigenvalue weighted by atomic mass is 32.2. The number of hydrogen-bond donors (Lipinski definition) is 0. The van der Waals surface area contributed by atoms with Crippen LogP contribution in [0.25, 0.3) is 0 Å². The van der Waals surface area contributed by atoms with Crippen molar-refractivity contribution in [1.29, 1.82) is 0 Å². The zero-order chi connectivity index (χ0) is 11.3. The molecule has 0 unspecified atom stereocenters. The van der Waals surface area contributed by atoms with Crippen LogP contribution in [0.15, 0.2) is 30.3 Å². The van der Waals surface area contributed by atoms with Gasteiger partial charge >= 0.3 is 0 Å². The van der Waals surface area contributed by atoms with Crippen LogP contribution < -0.4 is 0 Å². The van der Waals surface area contributed by atoms with E-state index in [0.717, 1.165) is 10.0 Å². The van der Waals surface area contributed by atoms with Crippen LogP contribution in [0.1, 0.15) is 5.56 Å². The van der Waals surface area contributed by atoms with Gasteiger partial charge in [-0.15, -0.1) is 0 Å². The van der Waals surface area contributed by atoms with Gasteiger partial charge in [-0.2, -0.15) is 0 Å². The maximum atomic E-state index is 3.31. The maximum Gasteiger partial charge on any atom is 0.197 e. The summed E-state index contributed by atoms with van der Waals surface area (Å²) in [6.07, 6.45) is 2.10. The van der Waals surface area contributed by atoms with E-state index in [1.54, 1.807) is 11.8 Å². The smallest absolute Gasteiger partial charge is 0.197 e. The predicted molar refractivity (Wildman–Crippen MR) is 68.7 cm³/mol. The topological polar surface area (TPSA) is 0 Å². The average molecular weight is 220 g/mol. The molecular formula is C13H18NS+. The SMILES string of the molecule is CS[C@@H](C#Cc1ccccc1)[N+](C)(C)C. The molecule has 0 spiro atoms. The van der Waals surface area contributed by atoms with Gasteiger partial charge in [0.15, 0.2) is 5.37 Å². The van der Waals surface area contributed by atoms with Crippen molar-refractivity contribution < 1.29 is 4.48 Å². The standard InChI is InChI=1S/C13H18NS/c1-14(2,3)13(15-4)11-10-12-8-6-5-7-9-12/h5-9,13H,1-4H3/q+1/t13-/m0/s1. The lowest BCUT2D eigenvalue weighted by atomic mass is 10.2. The molecule has 15 heavy (non-hydrogen) atoms. The Kier molecular flexibility index (Phi) is 4.26. The molecule has 0 saturated heterocycles. The summed E-state index contributed by atoms with van der Waals surface area (Å²) in [6, 6.07) is 10.1. The van der Waals surface area contributed by atoms with Crippen LogP contribution >= 0.6 is 11.8 Å². The highest BCUT2D eigenvalue weighted by Crippen LogP contribution is 2.14. The number of benzene rings is 1. The van der Waals surface area contributed by atoms with E-state index in [9.17, 15) is 0 Å². The Morgan fingerprint density at radius 1 is 1.13 bits per heavy atom. The second-order valence-electron chi connectivity index (χ2n) is 4.34. The zero-order valence-corrected chi connectivity index (χ0v) is 10.6. The molecule has 0 aliphatic carbocycles. The van der Waals surface area contributed by atoms with Gasteiger partial charge in [-0.1, -0.05) is 35.9 Å². The molecule has 2 heteroatoms. The van der Waals surface area contributed by atoms with Crippen molar-refractivity contribution >= 4 is 11.8 Å². The van der Waals surface area contributed by atoms with Gasteiger partial charge < -0.3 is 4.48 Å². The van der Waals surface area contributed by atoms with Gasteiger partial charge in [0.1, 0.15) is 0 Å². The van der Waals surface area contributed by atoms with Crippen LogP contribution in [0.2, 0.25) is 0 Å². The first-order chi connectivity index (χ1) is 7.04. The Hall–Kier alpha value is -0.910. The molecule has 0 radical (unpaired) electrons. The van der Waals surface area contributed by atoms with Crippen molar-refractivity contribution in [1.82, 2.24) is 0 Å². The monoisotopic (exact) mass is 220 g/mol. The lowest BCUT2D eigenvalue weighted by Gasteiger charge is -2.28. The number of rotatable bonds is 2. The van der Waals surface area contributed by atoms with Crippen LogP contribution in [0.5, 0.6) is 0 Å². The van der Waals surface area contributed by atoms with E-state index in [0.29, 0.717) is 5.37 Å². The normalized spacial score (nSPS) is 12.8. The largest absolute Gasteiger partial charge is 0.310 e. The van der Waals surface area contributed by atoms with E-state index in [2.05, 4.69) is 39.2 Å². The summed E-state index contributed by atoms with van der Waals surface area (Å²) >= 11 is 1.79. The van der Waals surface area contributed by atoms with Crippen LogP contribution in [0.4, 0.5) is 0 Å². The molecule has 0 N–H and O–H groups in total. The number of quaternary nitrogens is 1. The van der Waals surface area contributed by atoms with E-state index in [4.69, 9.17) is 0 Å².